The molecule has 2 nitrogen and oxygen atoms in total. The Hall–Kier alpha value is -0.340. The monoisotopic (exact) mass is 225 g/mol. The zero-order valence-electron chi connectivity index (χ0n) is 11.1. The van der Waals surface area contributed by atoms with Gasteiger partial charge in [-0.15, -0.1) is 0 Å². The highest BCUT2D eigenvalue weighted by Gasteiger charge is 2.17. The van der Waals surface area contributed by atoms with Crippen LogP contribution in [0.3, 0.4) is 0 Å². The molecule has 0 aromatic heterocycles. The van der Waals surface area contributed by atoms with Gasteiger partial charge in [-0.3, -0.25) is 0 Å². The van der Waals surface area contributed by atoms with Crippen LogP contribution in [0.2, 0.25) is 0 Å². The van der Waals surface area contributed by atoms with Gasteiger partial charge in [0, 0.05) is 19.8 Å². The third kappa shape index (κ3) is 4.67. The van der Waals surface area contributed by atoms with Crippen LogP contribution < -0.4 is 5.32 Å². The zero-order chi connectivity index (χ0) is 11.8. The van der Waals surface area contributed by atoms with Crippen molar-refractivity contribution in [2.24, 2.45) is 5.92 Å². The highest BCUT2D eigenvalue weighted by Crippen LogP contribution is 2.24. The molecule has 0 aromatic rings. The summed E-state index contributed by atoms with van der Waals surface area (Å²) >= 11 is 0. The molecule has 0 aromatic carbocycles. The van der Waals surface area contributed by atoms with E-state index in [-0.39, 0.29) is 0 Å². The normalized spacial score (nSPS) is 20.3. The van der Waals surface area contributed by atoms with Crippen LogP contribution in [0.4, 0.5) is 0 Å². The van der Waals surface area contributed by atoms with Crippen LogP contribution in [0.15, 0.2) is 11.6 Å². The Labute approximate surface area is 100 Å². The first kappa shape index (κ1) is 13.7. The minimum absolute atomic E-state index is 0.611. The van der Waals surface area contributed by atoms with Gasteiger partial charge >= 0.3 is 0 Å². The molecule has 0 bridgehead atoms. The van der Waals surface area contributed by atoms with Crippen molar-refractivity contribution >= 4 is 0 Å². The Morgan fingerprint density at radius 2 is 2.25 bits per heavy atom. The number of allylic oxidation sites excluding steroid dienone is 1. The Morgan fingerprint density at radius 1 is 1.44 bits per heavy atom. The molecule has 1 N–H and O–H groups in total. The van der Waals surface area contributed by atoms with Gasteiger partial charge in [0.25, 0.3) is 0 Å². The average Bonchev–Trinajstić information content (AvgIpc) is 2.34. The van der Waals surface area contributed by atoms with Crippen LogP contribution in [0.5, 0.6) is 0 Å². The average molecular weight is 225 g/mol. The fourth-order valence-corrected chi connectivity index (χ4v) is 2.47. The van der Waals surface area contributed by atoms with Gasteiger partial charge in [0.15, 0.2) is 0 Å². The van der Waals surface area contributed by atoms with Crippen molar-refractivity contribution in [3.8, 4) is 0 Å². The van der Waals surface area contributed by atoms with Gasteiger partial charge in [-0.05, 0) is 51.5 Å². The van der Waals surface area contributed by atoms with Crippen LogP contribution in [0, 0.1) is 5.92 Å². The van der Waals surface area contributed by atoms with E-state index in [2.05, 4.69) is 25.4 Å². The van der Waals surface area contributed by atoms with Gasteiger partial charge in [0.1, 0.15) is 0 Å². The van der Waals surface area contributed by atoms with Crippen molar-refractivity contribution in [2.75, 3.05) is 20.8 Å². The van der Waals surface area contributed by atoms with Crippen LogP contribution >= 0.6 is 0 Å². The summed E-state index contributed by atoms with van der Waals surface area (Å²) in [4.78, 5) is 0. The lowest BCUT2D eigenvalue weighted by molar-refractivity contribution is 0.171. The summed E-state index contributed by atoms with van der Waals surface area (Å²) in [6, 6.07) is 0.611. The number of nitrogens with one attached hydrogen (secondary N) is 1. The van der Waals surface area contributed by atoms with Gasteiger partial charge in [0.05, 0.1) is 0 Å². The smallest absolute Gasteiger partial charge is 0.0465 e. The van der Waals surface area contributed by atoms with Crippen molar-refractivity contribution < 1.29 is 4.74 Å². The number of rotatable bonds is 7. The molecule has 0 heterocycles. The van der Waals surface area contributed by atoms with E-state index in [1.54, 1.807) is 12.7 Å². The van der Waals surface area contributed by atoms with E-state index in [9.17, 15) is 0 Å². The van der Waals surface area contributed by atoms with E-state index in [0.29, 0.717) is 12.0 Å². The first-order valence-electron chi connectivity index (χ1n) is 6.62. The van der Waals surface area contributed by atoms with E-state index in [0.717, 1.165) is 13.0 Å². The molecule has 2 unspecified atom stereocenters. The molecule has 0 amide bonds. The van der Waals surface area contributed by atoms with Crippen LogP contribution in [-0.4, -0.2) is 26.8 Å². The summed E-state index contributed by atoms with van der Waals surface area (Å²) in [6.45, 7) is 3.20. The first-order valence-corrected chi connectivity index (χ1v) is 6.62. The van der Waals surface area contributed by atoms with Gasteiger partial charge < -0.3 is 10.1 Å². The molecule has 0 radical (unpaired) electrons. The largest absolute Gasteiger partial charge is 0.385 e. The van der Waals surface area contributed by atoms with Gasteiger partial charge in [0.2, 0.25) is 0 Å². The standard InChI is InChI=1S/C14H27NO/c1-12(9-10-16-3)14(15-2)11-13-7-5-4-6-8-13/h7,12,14-15H,4-6,8-11H2,1-3H3. The Kier molecular flexibility index (Phi) is 6.74. The molecule has 1 aliphatic carbocycles. The maximum Gasteiger partial charge on any atom is 0.0465 e. The van der Waals surface area contributed by atoms with Gasteiger partial charge in [-0.1, -0.05) is 18.6 Å². The third-order valence-electron chi connectivity index (χ3n) is 3.70. The Balaban J connectivity index is 2.37. The molecule has 2 atom stereocenters. The summed E-state index contributed by atoms with van der Waals surface area (Å²) in [5.74, 6) is 0.688. The number of methoxy groups -OCH3 is 1. The summed E-state index contributed by atoms with van der Waals surface area (Å²) < 4.78 is 5.15. The van der Waals surface area contributed by atoms with E-state index < -0.39 is 0 Å². The molecule has 0 aliphatic heterocycles. The van der Waals surface area contributed by atoms with E-state index in [1.165, 1.54) is 32.1 Å². The predicted octanol–water partition coefficient (Wildman–Crippen LogP) is 3.14. The van der Waals surface area contributed by atoms with Crippen molar-refractivity contribution in [3.63, 3.8) is 0 Å². The van der Waals surface area contributed by atoms with Crippen molar-refractivity contribution in [3.05, 3.63) is 11.6 Å². The first-order chi connectivity index (χ1) is 7.77. The van der Waals surface area contributed by atoms with Crippen LogP contribution in [0.25, 0.3) is 0 Å². The van der Waals surface area contributed by atoms with Crippen molar-refractivity contribution in [1.82, 2.24) is 5.32 Å². The van der Waals surface area contributed by atoms with Gasteiger partial charge in [-0.25, -0.2) is 0 Å². The fraction of sp³-hybridized carbons (Fsp3) is 0.857. The Morgan fingerprint density at radius 3 is 2.81 bits per heavy atom. The zero-order valence-corrected chi connectivity index (χ0v) is 11.1. The second-order valence-electron chi connectivity index (χ2n) is 4.97. The van der Waals surface area contributed by atoms with E-state index >= 15 is 0 Å². The third-order valence-corrected chi connectivity index (χ3v) is 3.70. The molecule has 1 rings (SSSR count). The number of hydrogen-bond donors (Lipinski definition) is 1. The lowest BCUT2D eigenvalue weighted by Gasteiger charge is -2.25. The molecule has 1 aliphatic rings. The van der Waals surface area contributed by atoms with Crippen LogP contribution in [-0.2, 0) is 4.74 Å². The van der Waals surface area contributed by atoms with Gasteiger partial charge in [-0.2, -0.15) is 0 Å². The quantitative estimate of drug-likeness (QED) is 0.672. The maximum absolute atomic E-state index is 5.15. The molecule has 0 spiro atoms. The fourth-order valence-electron chi connectivity index (χ4n) is 2.47. The topological polar surface area (TPSA) is 21.3 Å². The Bertz CT molecular complexity index is 213. The summed E-state index contributed by atoms with van der Waals surface area (Å²) in [7, 11) is 3.86. The minimum Gasteiger partial charge on any atom is -0.385 e. The molecule has 16 heavy (non-hydrogen) atoms. The SMILES string of the molecule is CNC(CC1=CCCCC1)C(C)CCOC. The highest BCUT2D eigenvalue weighted by atomic mass is 16.5. The maximum atomic E-state index is 5.15. The van der Waals surface area contributed by atoms with Crippen molar-refractivity contribution in [2.45, 2.75) is 51.5 Å². The second-order valence-corrected chi connectivity index (χ2v) is 4.97. The highest BCUT2D eigenvalue weighted by molar-refractivity contribution is 5.07. The minimum atomic E-state index is 0.611. The second kappa shape index (κ2) is 7.86. The molecule has 0 saturated carbocycles. The molecule has 2 heteroatoms. The summed E-state index contributed by atoms with van der Waals surface area (Å²) in [6.07, 6.45) is 10.2. The lowest BCUT2D eigenvalue weighted by atomic mass is 9.88. The summed E-state index contributed by atoms with van der Waals surface area (Å²) in [5, 5.41) is 3.46. The van der Waals surface area contributed by atoms with E-state index in [4.69, 9.17) is 4.74 Å². The van der Waals surface area contributed by atoms with E-state index in [1.807, 2.05) is 0 Å². The number of ether oxygens (including phenoxy) is 1. The molecular formula is C14H27NO. The molecular weight excluding hydrogens is 198 g/mol. The lowest BCUT2D eigenvalue weighted by Crippen LogP contribution is -2.33. The molecule has 0 saturated heterocycles. The summed E-state index contributed by atoms with van der Waals surface area (Å²) in [5.41, 5.74) is 1.66. The predicted molar refractivity (Wildman–Crippen MR) is 69.7 cm³/mol. The van der Waals surface area contributed by atoms with Crippen molar-refractivity contribution in [1.29, 1.82) is 0 Å². The molecule has 94 valence electrons. The van der Waals surface area contributed by atoms with Crippen LogP contribution in [0.1, 0.15) is 45.4 Å². The number of hydrogen-bond acceptors (Lipinski definition) is 2. The molecule has 0 fully saturated rings.